The van der Waals surface area contributed by atoms with Gasteiger partial charge in [-0.1, -0.05) is 18.2 Å². The number of benzene rings is 1. The van der Waals surface area contributed by atoms with E-state index in [1.54, 1.807) is 6.07 Å². The molecule has 1 aliphatic rings. The predicted molar refractivity (Wildman–Crippen MR) is 106 cm³/mol. The van der Waals surface area contributed by atoms with Crippen molar-refractivity contribution in [3.63, 3.8) is 0 Å². The van der Waals surface area contributed by atoms with Gasteiger partial charge in [-0.15, -0.1) is 0 Å². The van der Waals surface area contributed by atoms with Gasteiger partial charge < -0.3 is 4.90 Å². The molecule has 34 heavy (non-hydrogen) atoms. The number of piperazine rings is 1. The molecular formula is C21H18F7N5O. The van der Waals surface area contributed by atoms with Gasteiger partial charge in [0.1, 0.15) is 11.4 Å². The Bertz CT molecular complexity index is 1190. The molecular weight excluding hydrogens is 471 g/mol. The molecule has 0 unspecified atom stereocenters. The number of fused-ring (bicyclic) bond motifs is 1. The lowest BCUT2D eigenvalue weighted by Gasteiger charge is -2.34. The van der Waals surface area contributed by atoms with E-state index in [4.69, 9.17) is 0 Å². The number of carbonyl (C=O) groups excluding carboxylic acids is 1. The minimum atomic E-state index is -4.44. The fraction of sp³-hybridized carbons (Fsp3) is 0.381. The van der Waals surface area contributed by atoms with Crippen LogP contribution in [-0.4, -0.2) is 56.5 Å². The van der Waals surface area contributed by atoms with Crippen LogP contribution < -0.4 is 0 Å². The third-order valence-corrected chi connectivity index (χ3v) is 5.46. The molecule has 3 heterocycles. The van der Waals surface area contributed by atoms with Crippen LogP contribution in [0.2, 0.25) is 0 Å². The van der Waals surface area contributed by atoms with E-state index >= 15 is 0 Å². The van der Waals surface area contributed by atoms with E-state index in [0.29, 0.717) is 29.2 Å². The van der Waals surface area contributed by atoms with Crippen molar-refractivity contribution in [2.75, 3.05) is 26.2 Å². The maximum Gasteiger partial charge on any atom is 0.416 e. The second-order valence-corrected chi connectivity index (χ2v) is 7.77. The molecule has 1 aromatic carbocycles. The summed E-state index contributed by atoms with van der Waals surface area (Å²) in [5.41, 5.74) is -2.41. The highest BCUT2D eigenvalue weighted by Gasteiger charge is 2.31. The highest BCUT2D eigenvalue weighted by molar-refractivity contribution is 5.93. The minimum Gasteiger partial charge on any atom is -0.335 e. The summed E-state index contributed by atoms with van der Waals surface area (Å²) in [6.07, 6.45) is -10.6. The third kappa shape index (κ3) is 4.98. The fourth-order valence-corrected chi connectivity index (χ4v) is 3.77. The van der Waals surface area contributed by atoms with Crippen LogP contribution in [0.4, 0.5) is 30.7 Å². The molecule has 1 aliphatic heterocycles. The first kappa shape index (κ1) is 23.9. The van der Waals surface area contributed by atoms with Gasteiger partial charge in [-0.2, -0.15) is 18.3 Å². The lowest BCUT2D eigenvalue weighted by atomic mass is 10.1. The second-order valence-electron chi connectivity index (χ2n) is 7.77. The van der Waals surface area contributed by atoms with Crippen LogP contribution in [0.1, 0.15) is 45.9 Å². The van der Waals surface area contributed by atoms with Gasteiger partial charge in [0.05, 0.1) is 5.56 Å². The van der Waals surface area contributed by atoms with Crippen molar-refractivity contribution in [3.8, 4) is 0 Å². The first-order valence-electron chi connectivity index (χ1n) is 10.2. The van der Waals surface area contributed by atoms with Crippen LogP contribution in [0, 0.1) is 0 Å². The number of alkyl halides is 7. The highest BCUT2D eigenvalue weighted by Crippen LogP contribution is 2.30. The van der Waals surface area contributed by atoms with E-state index in [9.17, 15) is 35.5 Å². The highest BCUT2D eigenvalue weighted by atomic mass is 19.4. The van der Waals surface area contributed by atoms with Crippen LogP contribution in [-0.2, 0) is 12.7 Å². The Balaban J connectivity index is 1.45. The van der Waals surface area contributed by atoms with Crippen molar-refractivity contribution in [1.29, 1.82) is 0 Å². The van der Waals surface area contributed by atoms with E-state index in [2.05, 4.69) is 10.1 Å². The number of amides is 1. The number of aromatic nitrogens is 3. The summed E-state index contributed by atoms with van der Waals surface area (Å²) in [7, 11) is 0. The van der Waals surface area contributed by atoms with Crippen molar-refractivity contribution < 1.29 is 35.5 Å². The van der Waals surface area contributed by atoms with Crippen molar-refractivity contribution >= 4 is 11.6 Å². The molecule has 0 N–H and O–H groups in total. The maximum absolute atomic E-state index is 13.3. The zero-order valence-electron chi connectivity index (χ0n) is 17.4. The zero-order chi connectivity index (χ0) is 24.6. The Hall–Kier alpha value is -3.22. The molecule has 0 radical (unpaired) electrons. The Kier molecular flexibility index (Phi) is 6.47. The maximum atomic E-state index is 13.3. The number of rotatable bonds is 5. The summed E-state index contributed by atoms with van der Waals surface area (Å²) in [6, 6.07) is 6.63. The summed E-state index contributed by atoms with van der Waals surface area (Å²) in [6.45, 7) is 1.45. The first-order chi connectivity index (χ1) is 16.0. The molecule has 6 nitrogen and oxygen atoms in total. The van der Waals surface area contributed by atoms with Gasteiger partial charge in [0.2, 0.25) is 0 Å². The fourth-order valence-electron chi connectivity index (χ4n) is 3.77. The van der Waals surface area contributed by atoms with Crippen LogP contribution in [0.15, 0.2) is 36.4 Å². The molecule has 1 fully saturated rings. The van der Waals surface area contributed by atoms with Crippen LogP contribution in [0.25, 0.3) is 5.65 Å². The van der Waals surface area contributed by atoms with E-state index < -0.39 is 41.9 Å². The molecule has 182 valence electrons. The van der Waals surface area contributed by atoms with Gasteiger partial charge in [0.15, 0.2) is 11.3 Å². The monoisotopic (exact) mass is 489 g/mol. The summed E-state index contributed by atoms with van der Waals surface area (Å²) in [4.78, 5) is 19.7. The molecule has 13 heteroatoms. The number of halogens is 7. The summed E-state index contributed by atoms with van der Waals surface area (Å²) < 4.78 is 92.0. The van der Waals surface area contributed by atoms with Gasteiger partial charge in [-0.05, 0) is 17.7 Å². The molecule has 1 saturated heterocycles. The van der Waals surface area contributed by atoms with Crippen molar-refractivity contribution in [2.24, 2.45) is 0 Å². The molecule has 0 spiro atoms. The third-order valence-electron chi connectivity index (χ3n) is 5.46. The number of hydrogen-bond donors (Lipinski definition) is 0. The van der Waals surface area contributed by atoms with E-state index in [-0.39, 0.29) is 31.0 Å². The van der Waals surface area contributed by atoms with Crippen LogP contribution >= 0.6 is 0 Å². The molecule has 0 aliphatic carbocycles. The quantitative estimate of drug-likeness (QED) is 0.493. The minimum absolute atomic E-state index is 0.216. The topological polar surface area (TPSA) is 53.7 Å². The lowest BCUT2D eigenvalue weighted by molar-refractivity contribution is -0.137. The number of hydrogen-bond acceptors (Lipinski definition) is 4. The summed E-state index contributed by atoms with van der Waals surface area (Å²) in [5.74, 6) is -0.581. The Labute approximate surface area is 188 Å². The predicted octanol–water partition coefficient (Wildman–Crippen LogP) is 4.58. The zero-order valence-corrected chi connectivity index (χ0v) is 17.4. The molecule has 3 aromatic rings. The van der Waals surface area contributed by atoms with E-state index in [1.807, 2.05) is 4.90 Å². The van der Waals surface area contributed by atoms with E-state index in [1.165, 1.54) is 11.0 Å². The molecule has 4 rings (SSSR count). The van der Waals surface area contributed by atoms with Gasteiger partial charge in [0.25, 0.3) is 18.8 Å². The van der Waals surface area contributed by atoms with Gasteiger partial charge in [0, 0.05) is 38.8 Å². The number of nitrogens with zero attached hydrogens (tertiary/aromatic N) is 5. The number of carbonyl (C=O) groups is 1. The Morgan fingerprint density at radius 2 is 1.68 bits per heavy atom. The van der Waals surface area contributed by atoms with Crippen molar-refractivity contribution in [2.45, 2.75) is 25.6 Å². The molecule has 1 amide bonds. The second kappa shape index (κ2) is 9.20. The molecule has 0 bridgehead atoms. The van der Waals surface area contributed by atoms with Gasteiger partial charge in [-0.25, -0.2) is 27.1 Å². The first-order valence-corrected chi connectivity index (χ1v) is 10.2. The lowest BCUT2D eigenvalue weighted by Crippen LogP contribution is -2.48. The van der Waals surface area contributed by atoms with Crippen LogP contribution in [0.3, 0.4) is 0 Å². The molecule has 0 atom stereocenters. The van der Waals surface area contributed by atoms with Crippen molar-refractivity contribution in [1.82, 2.24) is 24.4 Å². The van der Waals surface area contributed by atoms with Crippen molar-refractivity contribution in [3.05, 3.63) is 64.6 Å². The summed E-state index contributed by atoms with van der Waals surface area (Å²) >= 11 is 0. The normalized spacial score (nSPS) is 15.6. The largest absolute Gasteiger partial charge is 0.416 e. The Morgan fingerprint density at radius 3 is 2.29 bits per heavy atom. The Morgan fingerprint density at radius 1 is 0.971 bits per heavy atom. The van der Waals surface area contributed by atoms with Gasteiger partial charge >= 0.3 is 6.18 Å². The standard InChI is InChI=1S/C21H18F7N5O/c22-18(23)14-9-16(19(24)25)33-17(29-14)10-15(30-33)20(34)32-6-4-31(5-7-32)11-12-2-1-3-13(8-12)21(26,27)28/h1-3,8-10,18-19H,4-7,11H2. The SMILES string of the molecule is O=C(c1cc2nc(C(F)F)cc(C(F)F)n2n1)N1CCN(Cc2cccc(C(F)(F)F)c2)CC1. The van der Waals surface area contributed by atoms with E-state index in [0.717, 1.165) is 18.2 Å². The summed E-state index contributed by atoms with van der Waals surface area (Å²) in [5, 5.41) is 3.85. The molecule has 2 aromatic heterocycles. The average Bonchev–Trinajstić information content (AvgIpc) is 3.22. The van der Waals surface area contributed by atoms with Gasteiger partial charge in [-0.3, -0.25) is 9.69 Å². The van der Waals surface area contributed by atoms with Crippen LogP contribution in [0.5, 0.6) is 0 Å². The average molecular weight is 489 g/mol. The smallest absolute Gasteiger partial charge is 0.335 e. The molecule has 0 saturated carbocycles.